The molecule has 2 aromatic heterocycles. The molecule has 0 unspecified atom stereocenters. The molecule has 24 heavy (non-hydrogen) atoms. The summed E-state index contributed by atoms with van der Waals surface area (Å²) in [7, 11) is 0. The number of rotatable bonds is 5. The van der Waals surface area contributed by atoms with Crippen molar-refractivity contribution < 1.29 is 19.1 Å². The first kappa shape index (κ1) is 16.7. The van der Waals surface area contributed by atoms with E-state index in [9.17, 15) is 9.59 Å². The Morgan fingerprint density at radius 2 is 1.29 bits per heavy atom. The zero-order valence-corrected chi connectivity index (χ0v) is 12.6. The number of carbonyl (C=O) groups excluding carboxylic acids is 2. The van der Waals surface area contributed by atoms with E-state index in [0.717, 1.165) is 0 Å². The fourth-order valence-corrected chi connectivity index (χ4v) is 1.78. The van der Waals surface area contributed by atoms with Gasteiger partial charge in [0.1, 0.15) is 0 Å². The summed E-state index contributed by atoms with van der Waals surface area (Å²) in [5, 5.41) is 0. The predicted octanol–water partition coefficient (Wildman–Crippen LogP) is 1.72. The van der Waals surface area contributed by atoms with Crippen LogP contribution in [0.15, 0.2) is 36.7 Å². The SMILES string of the molecule is C#CCOC(=O)c1ccnc(-c2cc(C(=O)OCC#C)ccn2)c1. The van der Waals surface area contributed by atoms with Crippen LogP contribution in [0.4, 0.5) is 0 Å². The number of terminal acetylenes is 2. The quantitative estimate of drug-likeness (QED) is 0.616. The van der Waals surface area contributed by atoms with Crippen molar-refractivity contribution in [2.24, 2.45) is 0 Å². The van der Waals surface area contributed by atoms with E-state index < -0.39 is 11.9 Å². The fraction of sp³-hybridized carbons (Fsp3) is 0.111. The highest BCUT2D eigenvalue weighted by molar-refractivity contribution is 5.92. The predicted molar refractivity (Wildman–Crippen MR) is 85.7 cm³/mol. The number of carbonyl (C=O) groups is 2. The Labute approximate surface area is 138 Å². The summed E-state index contributed by atoms with van der Waals surface area (Å²) in [5.41, 5.74) is 1.35. The average molecular weight is 320 g/mol. The van der Waals surface area contributed by atoms with Crippen LogP contribution < -0.4 is 0 Å². The molecule has 0 aliphatic rings. The summed E-state index contributed by atoms with van der Waals surface area (Å²) in [6.45, 7) is -0.240. The highest BCUT2D eigenvalue weighted by atomic mass is 16.5. The van der Waals surface area contributed by atoms with Gasteiger partial charge in [0.25, 0.3) is 0 Å². The number of nitrogens with zero attached hydrogens (tertiary/aromatic N) is 2. The Kier molecular flexibility index (Phi) is 5.65. The Morgan fingerprint density at radius 3 is 1.67 bits per heavy atom. The Hall–Kier alpha value is -3.64. The number of ether oxygens (including phenoxy) is 2. The lowest BCUT2D eigenvalue weighted by Gasteiger charge is -2.05. The normalized spacial score (nSPS) is 9.42. The number of aromatic nitrogens is 2. The molecule has 0 N–H and O–H groups in total. The molecule has 2 aromatic rings. The summed E-state index contributed by atoms with van der Waals surface area (Å²) in [6.07, 6.45) is 13.0. The summed E-state index contributed by atoms with van der Waals surface area (Å²) in [5.74, 6) is 3.29. The molecular weight excluding hydrogens is 308 g/mol. The summed E-state index contributed by atoms with van der Waals surface area (Å²) in [6, 6.07) is 5.98. The van der Waals surface area contributed by atoms with E-state index in [0.29, 0.717) is 11.4 Å². The summed E-state index contributed by atoms with van der Waals surface area (Å²) in [4.78, 5) is 31.9. The molecule has 0 fully saturated rings. The maximum atomic E-state index is 11.8. The van der Waals surface area contributed by atoms with Crippen molar-refractivity contribution in [2.45, 2.75) is 0 Å². The number of esters is 2. The van der Waals surface area contributed by atoms with Gasteiger partial charge in [-0.2, -0.15) is 0 Å². The van der Waals surface area contributed by atoms with Crippen molar-refractivity contribution >= 4 is 11.9 Å². The lowest BCUT2D eigenvalue weighted by atomic mass is 10.1. The van der Waals surface area contributed by atoms with E-state index in [-0.39, 0.29) is 24.3 Å². The van der Waals surface area contributed by atoms with Crippen molar-refractivity contribution in [3.05, 3.63) is 47.8 Å². The smallest absolute Gasteiger partial charge is 0.339 e. The Morgan fingerprint density at radius 1 is 0.875 bits per heavy atom. The van der Waals surface area contributed by atoms with Gasteiger partial charge in [-0.05, 0) is 24.3 Å². The molecule has 0 amide bonds. The van der Waals surface area contributed by atoms with Gasteiger partial charge in [-0.3, -0.25) is 9.97 Å². The van der Waals surface area contributed by atoms with Crippen molar-refractivity contribution in [3.63, 3.8) is 0 Å². The van der Waals surface area contributed by atoms with Crippen molar-refractivity contribution in [1.82, 2.24) is 9.97 Å². The van der Waals surface area contributed by atoms with Gasteiger partial charge >= 0.3 is 11.9 Å². The van der Waals surface area contributed by atoms with Crippen LogP contribution in [-0.4, -0.2) is 35.1 Å². The molecule has 2 rings (SSSR count). The molecule has 0 saturated carbocycles. The molecule has 2 heterocycles. The second-order valence-corrected chi connectivity index (χ2v) is 4.42. The maximum absolute atomic E-state index is 11.8. The maximum Gasteiger partial charge on any atom is 0.339 e. The molecular formula is C18H12N2O4. The van der Waals surface area contributed by atoms with Crippen LogP contribution in [0.25, 0.3) is 11.4 Å². The largest absolute Gasteiger partial charge is 0.449 e. The molecule has 0 atom stereocenters. The van der Waals surface area contributed by atoms with Gasteiger partial charge in [-0.15, -0.1) is 12.8 Å². The van der Waals surface area contributed by atoms with Crippen LogP contribution >= 0.6 is 0 Å². The van der Waals surface area contributed by atoms with Gasteiger partial charge in [0.2, 0.25) is 0 Å². The van der Waals surface area contributed by atoms with E-state index in [2.05, 4.69) is 21.8 Å². The van der Waals surface area contributed by atoms with Gasteiger partial charge in [0.15, 0.2) is 13.2 Å². The third kappa shape index (κ3) is 4.19. The van der Waals surface area contributed by atoms with Crippen LogP contribution in [-0.2, 0) is 9.47 Å². The second kappa shape index (κ2) is 8.11. The molecule has 6 heteroatoms. The van der Waals surface area contributed by atoms with Crippen LogP contribution in [0.5, 0.6) is 0 Å². The molecule has 0 radical (unpaired) electrons. The first-order valence-electron chi connectivity index (χ1n) is 6.79. The van der Waals surface area contributed by atoms with Crippen molar-refractivity contribution in [2.75, 3.05) is 13.2 Å². The first-order chi connectivity index (χ1) is 11.7. The topological polar surface area (TPSA) is 78.4 Å². The zero-order chi connectivity index (χ0) is 17.4. The summed E-state index contributed by atoms with van der Waals surface area (Å²) >= 11 is 0. The highest BCUT2D eigenvalue weighted by Crippen LogP contribution is 2.17. The van der Waals surface area contributed by atoms with Gasteiger partial charge in [0, 0.05) is 12.4 Å². The number of hydrogen-bond donors (Lipinski definition) is 0. The number of hydrogen-bond acceptors (Lipinski definition) is 6. The van der Waals surface area contributed by atoms with Gasteiger partial charge < -0.3 is 9.47 Å². The molecule has 0 bridgehead atoms. The molecule has 0 aliphatic heterocycles. The monoisotopic (exact) mass is 320 g/mol. The highest BCUT2D eigenvalue weighted by Gasteiger charge is 2.12. The van der Waals surface area contributed by atoms with E-state index in [4.69, 9.17) is 22.3 Å². The fourth-order valence-electron chi connectivity index (χ4n) is 1.78. The standard InChI is InChI=1S/C18H12N2O4/c1-3-9-23-17(21)13-5-7-19-15(11-13)16-12-14(6-8-20-16)18(22)24-10-4-2/h1-2,5-8,11-12H,9-10H2. The minimum absolute atomic E-state index is 0.120. The Balaban J connectivity index is 2.26. The van der Waals surface area contributed by atoms with Gasteiger partial charge in [-0.25, -0.2) is 9.59 Å². The number of pyridine rings is 2. The van der Waals surface area contributed by atoms with Gasteiger partial charge in [-0.1, -0.05) is 11.8 Å². The van der Waals surface area contributed by atoms with Crippen molar-refractivity contribution in [3.8, 4) is 36.1 Å². The third-order valence-corrected chi connectivity index (χ3v) is 2.83. The van der Waals surface area contributed by atoms with E-state index in [1.165, 1.54) is 36.7 Å². The first-order valence-corrected chi connectivity index (χ1v) is 6.79. The van der Waals surface area contributed by atoms with Crippen LogP contribution in [0, 0.1) is 24.7 Å². The lowest BCUT2D eigenvalue weighted by molar-refractivity contribution is 0.0547. The third-order valence-electron chi connectivity index (χ3n) is 2.83. The molecule has 0 spiro atoms. The molecule has 118 valence electrons. The second-order valence-electron chi connectivity index (χ2n) is 4.42. The van der Waals surface area contributed by atoms with E-state index >= 15 is 0 Å². The average Bonchev–Trinajstić information content (AvgIpc) is 2.64. The minimum atomic E-state index is -0.568. The lowest BCUT2D eigenvalue weighted by Crippen LogP contribution is -2.07. The van der Waals surface area contributed by atoms with E-state index in [1.807, 2.05) is 0 Å². The minimum Gasteiger partial charge on any atom is -0.449 e. The van der Waals surface area contributed by atoms with Crippen molar-refractivity contribution in [1.29, 1.82) is 0 Å². The molecule has 6 nitrogen and oxygen atoms in total. The van der Waals surface area contributed by atoms with Crippen LogP contribution in [0.1, 0.15) is 20.7 Å². The molecule has 0 aromatic carbocycles. The zero-order valence-electron chi connectivity index (χ0n) is 12.6. The molecule has 0 saturated heterocycles. The van der Waals surface area contributed by atoms with E-state index in [1.54, 1.807) is 0 Å². The van der Waals surface area contributed by atoms with Crippen LogP contribution in [0.3, 0.4) is 0 Å². The Bertz CT molecular complexity index is 775. The summed E-state index contributed by atoms with van der Waals surface area (Å²) < 4.78 is 9.72. The van der Waals surface area contributed by atoms with Crippen LogP contribution in [0.2, 0.25) is 0 Å². The van der Waals surface area contributed by atoms with Gasteiger partial charge in [0.05, 0.1) is 22.5 Å². The molecule has 0 aliphatic carbocycles.